The number of phenolic OH excluding ortho intramolecular Hbond substituents is 2. The normalized spacial score (nSPS) is 11.1. The first-order valence-electron chi connectivity index (χ1n) is 9.77. The van der Waals surface area contributed by atoms with Crippen LogP contribution in [0.2, 0.25) is 0 Å². The molecule has 28 heavy (non-hydrogen) atoms. The molecule has 1 aromatic heterocycles. The number of phenols is 2. The lowest BCUT2D eigenvalue weighted by Gasteiger charge is -2.16. The van der Waals surface area contributed by atoms with Gasteiger partial charge in [-0.25, -0.2) is 9.97 Å². The minimum absolute atomic E-state index is 0.331. The summed E-state index contributed by atoms with van der Waals surface area (Å²) in [5.74, 6) is 0.661. The second kappa shape index (κ2) is 7.63. The van der Waals surface area contributed by atoms with E-state index in [1.807, 2.05) is 52.0 Å². The number of nitrogens with zero attached hydrogens (tertiary/aromatic N) is 2. The van der Waals surface area contributed by atoms with Gasteiger partial charge >= 0.3 is 0 Å². The molecular formula is C24H28N2O2. The monoisotopic (exact) mass is 376 g/mol. The average molecular weight is 377 g/mol. The Labute approximate surface area is 166 Å². The quantitative estimate of drug-likeness (QED) is 0.624. The molecule has 0 bridgehead atoms. The number of hydrogen-bond acceptors (Lipinski definition) is 4. The van der Waals surface area contributed by atoms with Gasteiger partial charge in [0.2, 0.25) is 0 Å². The fraction of sp³-hybridized carbons (Fsp3) is 0.333. The molecule has 2 aromatic carbocycles. The highest BCUT2D eigenvalue weighted by molar-refractivity contribution is 5.71. The lowest BCUT2D eigenvalue weighted by Crippen LogP contribution is -2.05. The van der Waals surface area contributed by atoms with Crippen molar-refractivity contribution in [3.05, 3.63) is 57.9 Å². The Hall–Kier alpha value is -2.88. The molecule has 0 aliphatic carbocycles. The van der Waals surface area contributed by atoms with Gasteiger partial charge in [0.25, 0.3) is 0 Å². The van der Waals surface area contributed by atoms with Crippen LogP contribution in [0.1, 0.15) is 47.5 Å². The minimum Gasteiger partial charge on any atom is -0.507 e. The highest BCUT2D eigenvalue weighted by Gasteiger charge is 2.17. The lowest BCUT2D eigenvalue weighted by molar-refractivity contribution is 0.466. The van der Waals surface area contributed by atoms with Crippen molar-refractivity contribution in [3.8, 4) is 34.0 Å². The van der Waals surface area contributed by atoms with Crippen LogP contribution in [0, 0.1) is 27.7 Å². The van der Waals surface area contributed by atoms with Crippen molar-refractivity contribution >= 4 is 0 Å². The van der Waals surface area contributed by atoms with Crippen molar-refractivity contribution < 1.29 is 10.2 Å². The molecule has 1 heterocycles. The van der Waals surface area contributed by atoms with E-state index >= 15 is 0 Å². The summed E-state index contributed by atoms with van der Waals surface area (Å²) in [6, 6.07) is 7.89. The molecule has 2 N–H and O–H groups in total. The van der Waals surface area contributed by atoms with Gasteiger partial charge in [-0.2, -0.15) is 0 Å². The van der Waals surface area contributed by atoms with E-state index < -0.39 is 0 Å². The third-order valence-corrected chi connectivity index (χ3v) is 5.24. The summed E-state index contributed by atoms with van der Waals surface area (Å²) in [7, 11) is 0. The molecule has 0 aliphatic heterocycles. The molecular weight excluding hydrogens is 348 g/mol. The van der Waals surface area contributed by atoms with Crippen LogP contribution in [0.15, 0.2) is 24.3 Å². The van der Waals surface area contributed by atoms with Crippen molar-refractivity contribution in [2.24, 2.45) is 0 Å². The van der Waals surface area contributed by atoms with Crippen molar-refractivity contribution in [2.75, 3.05) is 0 Å². The van der Waals surface area contributed by atoms with Crippen LogP contribution in [0.5, 0.6) is 11.5 Å². The first-order valence-corrected chi connectivity index (χ1v) is 9.77. The number of aryl methyl sites for hydroxylation is 6. The van der Waals surface area contributed by atoms with Crippen LogP contribution in [0.4, 0.5) is 0 Å². The van der Waals surface area contributed by atoms with E-state index in [9.17, 15) is 10.2 Å². The number of aromatic hydroxyl groups is 2. The highest BCUT2D eigenvalue weighted by atomic mass is 16.3. The molecule has 0 spiro atoms. The maximum Gasteiger partial charge on any atom is 0.121 e. The van der Waals surface area contributed by atoms with Crippen LogP contribution in [0.25, 0.3) is 22.5 Å². The fourth-order valence-corrected chi connectivity index (χ4v) is 3.65. The summed E-state index contributed by atoms with van der Waals surface area (Å²) in [5.41, 5.74) is 8.93. The number of benzene rings is 2. The second-order valence-corrected chi connectivity index (χ2v) is 7.44. The van der Waals surface area contributed by atoms with Crippen LogP contribution in [-0.4, -0.2) is 20.2 Å². The van der Waals surface area contributed by atoms with Crippen LogP contribution in [0.3, 0.4) is 0 Å². The standard InChI is InChI=1S/C24H28N2O2/c1-7-19-21(17-9-13(3)23(27)14(4)10-17)26-20(8-2)22(25-19)18-11-15(5)24(28)16(6)12-18/h9-12,27-28H,7-8H2,1-6H3. The highest BCUT2D eigenvalue weighted by Crippen LogP contribution is 2.34. The summed E-state index contributed by atoms with van der Waals surface area (Å²) in [5, 5.41) is 20.2. The van der Waals surface area contributed by atoms with E-state index in [4.69, 9.17) is 9.97 Å². The molecule has 0 aliphatic rings. The number of aromatic nitrogens is 2. The van der Waals surface area contributed by atoms with Gasteiger partial charge in [0, 0.05) is 11.1 Å². The maximum absolute atomic E-state index is 10.1. The zero-order chi connectivity index (χ0) is 20.6. The molecule has 0 atom stereocenters. The predicted octanol–water partition coefficient (Wildman–Crippen LogP) is 5.58. The summed E-state index contributed by atoms with van der Waals surface area (Å²) in [6.07, 6.45) is 1.52. The molecule has 0 saturated heterocycles. The van der Waals surface area contributed by atoms with Gasteiger partial charge in [-0.15, -0.1) is 0 Å². The molecule has 0 unspecified atom stereocenters. The summed E-state index contributed by atoms with van der Waals surface area (Å²) in [4.78, 5) is 9.99. The summed E-state index contributed by atoms with van der Waals surface area (Å²) >= 11 is 0. The first kappa shape index (κ1) is 19.9. The Morgan fingerprint density at radius 1 is 0.607 bits per heavy atom. The molecule has 3 rings (SSSR count). The number of hydrogen-bond donors (Lipinski definition) is 2. The van der Waals surface area contributed by atoms with Gasteiger partial charge < -0.3 is 10.2 Å². The molecule has 4 nitrogen and oxygen atoms in total. The summed E-state index contributed by atoms with van der Waals surface area (Å²) < 4.78 is 0. The van der Waals surface area contributed by atoms with Crippen molar-refractivity contribution in [2.45, 2.75) is 54.4 Å². The van der Waals surface area contributed by atoms with Gasteiger partial charge in [-0.1, -0.05) is 13.8 Å². The van der Waals surface area contributed by atoms with Gasteiger partial charge in [0.05, 0.1) is 22.8 Å². The van der Waals surface area contributed by atoms with E-state index in [0.717, 1.165) is 69.0 Å². The van der Waals surface area contributed by atoms with Gasteiger partial charge in [0.1, 0.15) is 11.5 Å². The van der Waals surface area contributed by atoms with Gasteiger partial charge in [-0.3, -0.25) is 0 Å². The van der Waals surface area contributed by atoms with Crippen LogP contribution >= 0.6 is 0 Å². The van der Waals surface area contributed by atoms with E-state index in [1.54, 1.807) is 0 Å². The third kappa shape index (κ3) is 3.47. The largest absolute Gasteiger partial charge is 0.507 e. The van der Waals surface area contributed by atoms with Gasteiger partial charge in [0.15, 0.2) is 0 Å². The van der Waals surface area contributed by atoms with E-state index in [1.165, 1.54) is 0 Å². The molecule has 0 saturated carbocycles. The Balaban J connectivity index is 2.24. The van der Waals surface area contributed by atoms with Crippen molar-refractivity contribution in [1.29, 1.82) is 0 Å². The predicted molar refractivity (Wildman–Crippen MR) is 114 cm³/mol. The van der Waals surface area contributed by atoms with E-state index in [0.29, 0.717) is 11.5 Å². The average Bonchev–Trinajstić information content (AvgIpc) is 2.68. The zero-order valence-electron chi connectivity index (χ0n) is 17.5. The first-order chi connectivity index (χ1) is 13.3. The minimum atomic E-state index is 0.331. The third-order valence-electron chi connectivity index (χ3n) is 5.24. The van der Waals surface area contributed by atoms with Crippen molar-refractivity contribution in [1.82, 2.24) is 9.97 Å². The molecule has 0 radical (unpaired) electrons. The Bertz CT molecular complexity index is 923. The topological polar surface area (TPSA) is 66.2 Å². The second-order valence-electron chi connectivity index (χ2n) is 7.44. The maximum atomic E-state index is 10.1. The van der Waals surface area contributed by atoms with Crippen LogP contribution in [-0.2, 0) is 12.8 Å². The summed E-state index contributed by atoms with van der Waals surface area (Å²) in [6.45, 7) is 11.8. The lowest BCUT2D eigenvalue weighted by atomic mass is 9.98. The van der Waals surface area contributed by atoms with E-state index in [-0.39, 0.29) is 0 Å². The number of rotatable bonds is 4. The molecule has 146 valence electrons. The van der Waals surface area contributed by atoms with Crippen molar-refractivity contribution in [3.63, 3.8) is 0 Å². The Morgan fingerprint density at radius 2 is 0.893 bits per heavy atom. The SMILES string of the molecule is CCc1nc(-c2cc(C)c(O)c(C)c2)c(CC)nc1-c1cc(C)c(O)c(C)c1. The van der Waals surface area contributed by atoms with Crippen LogP contribution < -0.4 is 0 Å². The molecule has 3 aromatic rings. The smallest absolute Gasteiger partial charge is 0.121 e. The van der Waals surface area contributed by atoms with Gasteiger partial charge in [-0.05, 0) is 87.1 Å². The molecule has 0 fully saturated rings. The Kier molecular flexibility index (Phi) is 5.41. The fourth-order valence-electron chi connectivity index (χ4n) is 3.65. The molecule has 4 heteroatoms. The zero-order valence-corrected chi connectivity index (χ0v) is 17.5. The Morgan fingerprint density at radius 3 is 1.14 bits per heavy atom. The van der Waals surface area contributed by atoms with E-state index in [2.05, 4.69) is 13.8 Å². The molecule has 0 amide bonds.